The van der Waals surface area contributed by atoms with Crippen LogP contribution in [0.3, 0.4) is 0 Å². The van der Waals surface area contributed by atoms with E-state index < -0.39 is 12.0 Å². The van der Waals surface area contributed by atoms with Crippen LogP contribution >= 0.6 is 11.8 Å². The molecule has 0 aliphatic carbocycles. The molecule has 18 heavy (non-hydrogen) atoms. The summed E-state index contributed by atoms with van der Waals surface area (Å²) in [6, 6.07) is 7.37. The fourth-order valence-electron chi connectivity index (χ4n) is 2.17. The molecule has 2 atom stereocenters. The van der Waals surface area contributed by atoms with E-state index in [4.69, 9.17) is 9.84 Å². The van der Waals surface area contributed by atoms with E-state index >= 15 is 0 Å². The second kappa shape index (κ2) is 5.20. The highest BCUT2D eigenvalue weighted by atomic mass is 32.2. The van der Waals surface area contributed by atoms with Crippen molar-refractivity contribution in [2.45, 2.75) is 24.3 Å². The highest BCUT2D eigenvalue weighted by Gasteiger charge is 2.38. The topological polar surface area (TPSA) is 58.6 Å². The van der Waals surface area contributed by atoms with Crippen LogP contribution in [0.25, 0.3) is 0 Å². The molecule has 1 heterocycles. The number of ether oxygens (including phenoxy) is 1. The Labute approximate surface area is 111 Å². The summed E-state index contributed by atoms with van der Waals surface area (Å²) >= 11 is 1.65. The zero-order valence-corrected chi connectivity index (χ0v) is 11.3. The van der Waals surface area contributed by atoms with Crippen molar-refractivity contribution >= 4 is 17.7 Å². The molecule has 0 saturated carbocycles. The fraction of sp³-hybridized carbons (Fsp3) is 0.462. The summed E-state index contributed by atoms with van der Waals surface area (Å²) in [6.07, 6.45) is 0.742. The fourth-order valence-corrected chi connectivity index (χ4v) is 3.41. The quantitative estimate of drug-likeness (QED) is 0.870. The molecule has 2 rings (SSSR count). The molecule has 1 aliphatic heterocycles. The van der Waals surface area contributed by atoms with Gasteiger partial charge in [0.2, 0.25) is 0 Å². The maximum absolute atomic E-state index is 11.0. The van der Waals surface area contributed by atoms with Crippen LogP contribution in [0.4, 0.5) is 0 Å². The average molecular weight is 267 g/mol. The van der Waals surface area contributed by atoms with E-state index in [0.29, 0.717) is 5.75 Å². The minimum atomic E-state index is -0.786. The van der Waals surface area contributed by atoms with Crippen LogP contribution in [0.2, 0.25) is 0 Å². The number of aliphatic carboxylic acids is 1. The summed E-state index contributed by atoms with van der Waals surface area (Å²) < 4.78 is 5.32. The molecule has 0 spiro atoms. The van der Waals surface area contributed by atoms with Crippen molar-refractivity contribution in [1.29, 1.82) is 0 Å². The molecule has 98 valence electrons. The van der Waals surface area contributed by atoms with E-state index in [1.807, 2.05) is 31.2 Å². The number of carboxylic acids is 1. The third-order valence-corrected chi connectivity index (χ3v) is 4.47. The van der Waals surface area contributed by atoms with Gasteiger partial charge in [0.05, 0.1) is 12.0 Å². The Kier molecular flexibility index (Phi) is 3.82. The Hall–Kier alpha value is -1.20. The number of carbonyl (C=O) groups is 1. The maximum atomic E-state index is 11.0. The summed E-state index contributed by atoms with van der Waals surface area (Å²) in [7, 11) is 1.65. The van der Waals surface area contributed by atoms with Gasteiger partial charge in [0.25, 0.3) is 0 Å². The Morgan fingerprint density at radius 1 is 1.61 bits per heavy atom. The van der Waals surface area contributed by atoms with E-state index in [2.05, 4.69) is 5.32 Å². The predicted molar refractivity (Wildman–Crippen MR) is 72.1 cm³/mol. The van der Waals surface area contributed by atoms with Crippen LogP contribution < -0.4 is 10.1 Å². The number of rotatable bonds is 4. The normalized spacial score (nSPS) is 27.1. The lowest BCUT2D eigenvalue weighted by atomic mass is 10.0. The molecule has 4 nitrogen and oxygen atoms in total. The molecule has 0 aromatic heterocycles. The molecule has 1 aromatic rings. The van der Waals surface area contributed by atoms with Gasteiger partial charge >= 0.3 is 5.97 Å². The van der Waals surface area contributed by atoms with Crippen LogP contribution in [0.1, 0.15) is 12.5 Å². The molecule has 0 bridgehead atoms. The first-order valence-corrected chi connectivity index (χ1v) is 6.79. The summed E-state index contributed by atoms with van der Waals surface area (Å²) in [5.74, 6) is 0.659. The van der Waals surface area contributed by atoms with Gasteiger partial charge in [-0.2, -0.15) is 0 Å². The van der Waals surface area contributed by atoms with Crippen LogP contribution in [-0.2, 0) is 11.2 Å². The lowest BCUT2D eigenvalue weighted by Gasteiger charge is -2.25. The van der Waals surface area contributed by atoms with Gasteiger partial charge in [-0.25, -0.2) is 0 Å². The number of para-hydroxylation sites is 1. The lowest BCUT2D eigenvalue weighted by Crippen LogP contribution is -2.44. The predicted octanol–water partition coefficient (Wildman–Crippen LogP) is 1.74. The van der Waals surface area contributed by atoms with E-state index in [-0.39, 0.29) is 4.87 Å². The van der Waals surface area contributed by atoms with Crippen molar-refractivity contribution in [2.75, 3.05) is 12.9 Å². The molecule has 1 aliphatic rings. The Morgan fingerprint density at radius 3 is 2.94 bits per heavy atom. The second-order valence-corrected chi connectivity index (χ2v) is 6.09. The van der Waals surface area contributed by atoms with Crippen molar-refractivity contribution in [3.8, 4) is 5.75 Å². The third-order valence-electron chi connectivity index (χ3n) is 3.07. The molecule has 1 fully saturated rings. The zero-order chi connectivity index (χ0) is 13.2. The van der Waals surface area contributed by atoms with Gasteiger partial charge < -0.3 is 9.84 Å². The van der Waals surface area contributed by atoms with Crippen molar-refractivity contribution in [2.24, 2.45) is 0 Å². The molecule has 0 amide bonds. The van der Waals surface area contributed by atoms with Gasteiger partial charge in [0.15, 0.2) is 0 Å². The van der Waals surface area contributed by atoms with Gasteiger partial charge in [-0.3, -0.25) is 10.1 Å². The number of hydrogen-bond donors (Lipinski definition) is 2. The molecule has 2 N–H and O–H groups in total. The smallest absolute Gasteiger partial charge is 0.321 e. The molecular formula is C13H17NO3S. The van der Waals surface area contributed by atoms with Gasteiger partial charge in [-0.1, -0.05) is 18.2 Å². The monoisotopic (exact) mass is 267 g/mol. The summed E-state index contributed by atoms with van der Waals surface area (Å²) in [5.41, 5.74) is 1.09. The van der Waals surface area contributed by atoms with Crippen LogP contribution in [0.15, 0.2) is 24.3 Å². The Balaban J connectivity index is 2.12. The maximum Gasteiger partial charge on any atom is 0.321 e. The first-order chi connectivity index (χ1) is 8.54. The van der Waals surface area contributed by atoms with E-state index in [1.54, 1.807) is 18.9 Å². The number of hydrogen-bond acceptors (Lipinski definition) is 4. The molecule has 5 heteroatoms. The Bertz CT molecular complexity index is 452. The van der Waals surface area contributed by atoms with E-state index in [0.717, 1.165) is 17.7 Å². The van der Waals surface area contributed by atoms with Gasteiger partial charge in [-0.05, 0) is 18.6 Å². The minimum absolute atomic E-state index is 0.252. The highest BCUT2D eigenvalue weighted by molar-refractivity contribution is 8.00. The van der Waals surface area contributed by atoms with Crippen molar-refractivity contribution in [3.05, 3.63) is 29.8 Å². The summed E-state index contributed by atoms with van der Waals surface area (Å²) in [6.45, 7) is 2.03. The standard InChI is InChI=1S/C13H17NO3S/c1-13(14-10(8-18-13)12(15)16)7-9-5-3-4-6-11(9)17-2/h3-6,10,14H,7-8H2,1-2H3,(H,15,16)/t10-,13?/m1/s1. The number of thioether (sulfide) groups is 1. The third kappa shape index (κ3) is 2.79. The zero-order valence-electron chi connectivity index (χ0n) is 10.5. The molecule has 1 aromatic carbocycles. The van der Waals surface area contributed by atoms with Crippen molar-refractivity contribution in [3.63, 3.8) is 0 Å². The number of benzene rings is 1. The molecule has 1 unspecified atom stereocenters. The summed E-state index contributed by atoms with van der Waals surface area (Å²) in [4.78, 5) is 10.7. The first-order valence-electron chi connectivity index (χ1n) is 5.80. The summed E-state index contributed by atoms with van der Waals surface area (Å²) in [5, 5.41) is 12.2. The van der Waals surface area contributed by atoms with E-state index in [9.17, 15) is 4.79 Å². The average Bonchev–Trinajstić information content (AvgIpc) is 2.72. The SMILES string of the molecule is COc1ccccc1CC1(C)N[C@@H](C(=O)O)CS1. The Morgan fingerprint density at radius 2 is 2.33 bits per heavy atom. The largest absolute Gasteiger partial charge is 0.496 e. The minimum Gasteiger partial charge on any atom is -0.496 e. The van der Waals surface area contributed by atoms with Crippen LogP contribution in [0, 0.1) is 0 Å². The second-order valence-electron chi connectivity index (χ2n) is 4.57. The van der Waals surface area contributed by atoms with Gasteiger partial charge in [0, 0.05) is 12.2 Å². The van der Waals surface area contributed by atoms with Crippen LogP contribution in [-0.4, -0.2) is 34.9 Å². The molecule has 0 radical (unpaired) electrons. The van der Waals surface area contributed by atoms with Crippen molar-refractivity contribution in [1.82, 2.24) is 5.32 Å². The van der Waals surface area contributed by atoms with Crippen molar-refractivity contribution < 1.29 is 14.6 Å². The number of methoxy groups -OCH3 is 1. The van der Waals surface area contributed by atoms with E-state index in [1.165, 1.54) is 0 Å². The first kappa shape index (κ1) is 13.2. The van der Waals surface area contributed by atoms with Gasteiger partial charge in [-0.15, -0.1) is 11.8 Å². The lowest BCUT2D eigenvalue weighted by molar-refractivity contribution is -0.138. The molecule has 1 saturated heterocycles. The number of carboxylic acid groups (broad SMARTS) is 1. The molecular weight excluding hydrogens is 250 g/mol. The number of nitrogens with one attached hydrogen (secondary N) is 1. The highest BCUT2D eigenvalue weighted by Crippen LogP contribution is 2.35. The van der Waals surface area contributed by atoms with Gasteiger partial charge in [0.1, 0.15) is 11.8 Å². The van der Waals surface area contributed by atoms with Crippen LogP contribution in [0.5, 0.6) is 5.75 Å².